The summed E-state index contributed by atoms with van der Waals surface area (Å²) in [6.07, 6.45) is 1.42. The van der Waals surface area contributed by atoms with Crippen molar-refractivity contribution in [2.45, 2.75) is 26.1 Å². The summed E-state index contributed by atoms with van der Waals surface area (Å²) in [6.45, 7) is 2.02. The summed E-state index contributed by atoms with van der Waals surface area (Å²) in [4.78, 5) is 1.52. The number of aliphatic hydroxyl groups is 1. The van der Waals surface area contributed by atoms with Crippen molar-refractivity contribution in [2.75, 3.05) is 18.0 Å². The lowest BCUT2D eigenvalue weighted by Crippen LogP contribution is -2.27. The second-order valence-corrected chi connectivity index (χ2v) is 4.13. The Kier molecular flexibility index (Phi) is 5.25. The van der Waals surface area contributed by atoms with Gasteiger partial charge in [0.05, 0.1) is 18.7 Å². The van der Waals surface area contributed by atoms with Crippen molar-refractivity contribution in [3.63, 3.8) is 0 Å². The Balaban J connectivity index is 3.28. The number of anilines is 1. The minimum absolute atomic E-state index is 0.0597. The molecule has 1 aromatic rings. The third kappa shape index (κ3) is 3.90. The summed E-state index contributed by atoms with van der Waals surface area (Å²) in [5.41, 5.74) is -0.472. The van der Waals surface area contributed by atoms with E-state index in [1.165, 1.54) is 17.0 Å². The van der Waals surface area contributed by atoms with E-state index in [9.17, 15) is 13.2 Å². The van der Waals surface area contributed by atoms with Crippen LogP contribution in [-0.4, -0.2) is 18.2 Å². The van der Waals surface area contributed by atoms with Gasteiger partial charge in [-0.1, -0.05) is 18.9 Å². The molecule has 0 spiro atoms. The topological polar surface area (TPSA) is 23.5 Å². The summed E-state index contributed by atoms with van der Waals surface area (Å²) in [7, 11) is 0. The lowest BCUT2D eigenvalue weighted by molar-refractivity contribution is -0.137. The van der Waals surface area contributed by atoms with Crippen molar-refractivity contribution >= 4 is 5.69 Å². The molecule has 19 heavy (non-hydrogen) atoms. The van der Waals surface area contributed by atoms with Gasteiger partial charge in [-0.25, -0.2) is 0 Å². The van der Waals surface area contributed by atoms with Gasteiger partial charge < -0.3 is 10.0 Å². The number of benzene rings is 1. The van der Waals surface area contributed by atoms with E-state index in [0.717, 1.165) is 6.07 Å². The van der Waals surface area contributed by atoms with Gasteiger partial charge in [-0.2, -0.15) is 13.2 Å². The van der Waals surface area contributed by atoms with E-state index in [0.29, 0.717) is 13.0 Å². The first-order valence-corrected chi connectivity index (χ1v) is 5.93. The lowest BCUT2D eigenvalue weighted by atomic mass is 10.1. The molecule has 0 radical (unpaired) electrons. The molecule has 0 heterocycles. The molecular weight excluding hydrogens is 255 g/mol. The number of hydrogen-bond donors (Lipinski definition) is 1. The summed E-state index contributed by atoms with van der Waals surface area (Å²) in [6, 6.07) is 3.81. The van der Waals surface area contributed by atoms with Crippen LogP contribution in [0.5, 0.6) is 0 Å². The number of terminal acetylenes is 1. The van der Waals surface area contributed by atoms with Crippen LogP contribution in [0.1, 0.15) is 24.5 Å². The number of nitrogens with zero attached hydrogens (tertiary/aromatic N) is 1. The highest BCUT2D eigenvalue weighted by Crippen LogP contribution is 2.37. The van der Waals surface area contributed by atoms with E-state index < -0.39 is 18.3 Å². The van der Waals surface area contributed by atoms with Crippen molar-refractivity contribution in [3.8, 4) is 12.3 Å². The van der Waals surface area contributed by atoms with Crippen molar-refractivity contribution in [1.82, 2.24) is 0 Å². The van der Waals surface area contributed by atoms with E-state index in [2.05, 4.69) is 5.92 Å². The Morgan fingerprint density at radius 2 is 2.05 bits per heavy atom. The smallest absolute Gasteiger partial charge is 0.392 e. The highest BCUT2D eigenvalue weighted by Gasteiger charge is 2.35. The Bertz CT molecular complexity index is 463. The van der Waals surface area contributed by atoms with E-state index in [1.807, 2.05) is 6.92 Å². The third-order valence-corrected chi connectivity index (χ3v) is 2.67. The first kappa shape index (κ1) is 15.4. The van der Waals surface area contributed by atoms with E-state index in [1.54, 1.807) is 0 Å². The van der Waals surface area contributed by atoms with Gasteiger partial charge in [0, 0.05) is 12.2 Å². The van der Waals surface area contributed by atoms with Crippen LogP contribution in [0.25, 0.3) is 0 Å². The molecular formula is C14H16F3NO. The zero-order valence-electron chi connectivity index (χ0n) is 10.7. The fourth-order valence-corrected chi connectivity index (χ4v) is 1.85. The molecule has 0 saturated carbocycles. The number of aliphatic hydroxyl groups excluding tert-OH is 1. The van der Waals surface area contributed by atoms with E-state index in [-0.39, 0.29) is 17.8 Å². The van der Waals surface area contributed by atoms with Gasteiger partial charge in [-0.3, -0.25) is 0 Å². The van der Waals surface area contributed by atoms with Crippen molar-refractivity contribution < 1.29 is 18.3 Å². The largest absolute Gasteiger partial charge is 0.418 e. The zero-order valence-corrected chi connectivity index (χ0v) is 10.7. The molecule has 5 heteroatoms. The molecule has 1 aromatic carbocycles. The van der Waals surface area contributed by atoms with Crippen LogP contribution in [0.15, 0.2) is 18.2 Å². The second-order valence-electron chi connectivity index (χ2n) is 4.13. The maximum atomic E-state index is 13.0. The SMILES string of the molecule is C#CCN(CCC)c1ccc(CO)cc1C(F)(F)F. The number of halogens is 3. The predicted molar refractivity (Wildman–Crippen MR) is 68.7 cm³/mol. The van der Waals surface area contributed by atoms with Crippen molar-refractivity contribution in [2.24, 2.45) is 0 Å². The number of alkyl halides is 3. The molecule has 1 rings (SSSR count). The Morgan fingerprint density at radius 3 is 2.53 bits per heavy atom. The molecule has 0 atom stereocenters. The minimum atomic E-state index is -4.47. The average molecular weight is 271 g/mol. The fraction of sp³-hybridized carbons (Fsp3) is 0.429. The first-order chi connectivity index (χ1) is 8.93. The third-order valence-electron chi connectivity index (χ3n) is 2.67. The average Bonchev–Trinajstić information content (AvgIpc) is 2.37. The zero-order chi connectivity index (χ0) is 14.5. The molecule has 0 unspecified atom stereocenters. The van der Waals surface area contributed by atoms with Crippen molar-refractivity contribution in [1.29, 1.82) is 0 Å². The van der Waals surface area contributed by atoms with Crippen LogP contribution >= 0.6 is 0 Å². The lowest BCUT2D eigenvalue weighted by Gasteiger charge is -2.26. The molecule has 1 N–H and O–H groups in total. The molecule has 0 aliphatic carbocycles. The van der Waals surface area contributed by atoms with E-state index in [4.69, 9.17) is 11.5 Å². The number of rotatable bonds is 5. The quantitative estimate of drug-likeness (QED) is 0.832. The predicted octanol–water partition coefficient (Wildman–Crippen LogP) is 3.05. The fourth-order valence-electron chi connectivity index (χ4n) is 1.85. The summed E-state index contributed by atoms with van der Waals surface area (Å²) >= 11 is 0. The Morgan fingerprint density at radius 1 is 1.37 bits per heavy atom. The monoisotopic (exact) mass is 271 g/mol. The molecule has 2 nitrogen and oxygen atoms in total. The standard InChI is InChI=1S/C14H16F3NO/c1-3-7-18(8-4-2)13-6-5-11(10-19)9-12(13)14(15,16)17/h1,5-6,9,19H,4,7-8,10H2,2H3. The normalized spacial score (nSPS) is 11.2. The highest BCUT2D eigenvalue weighted by molar-refractivity contribution is 5.57. The Labute approximate surface area is 110 Å². The minimum Gasteiger partial charge on any atom is -0.392 e. The summed E-state index contributed by atoms with van der Waals surface area (Å²) in [5.74, 6) is 2.37. The van der Waals surface area contributed by atoms with Crippen LogP contribution < -0.4 is 4.90 Å². The van der Waals surface area contributed by atoms with Crippen LogP contribution in [-0.2, 0) is 12.8 Å². The molecule has 0 aromatic heterocycles. The van der Waals surface area contributed by atoms with Crippen LogP contribution in [0.3, 0.4) is 0 Å². The van der Waals surface area contributed by atoms with Crippen LogP contribution in [0.4, 0.5) is 18.9 Å². The maximum Gasteiger partial charge on any atom is 0.418 e. The molecule has 0 amide bonds. The van der Waals surface area contributed by atoms with Crippen LogP contribution in [0, 0.1) is 12.3 Å². The van der Waals surface area contributed by atoms with Gasteiger partial charge >= 0.3 is 6.18 Å². The maximum absolute atomic E-state index is 13.0. The van der Waals surface area contributed by atoms with Gasteiger partial charge in [-0.15, -0.1) is 6.42 Å². The molecule has 0 aliphatic heterocycles. The van der Waals surface area contributed by atoms with Gasteiger partial charge in [0.1, 0.15) is 0 Å². The molecule has 0 bridgehead atoms. The number of hydrogen-bond acceptors (Lipinski definition) is 2. The van der Waals surface area contributed by atoms with Crippen molar-refractivity contribution in [3.05, 3.63) is 29.3 Å². The molecule has 0 aliphatic rings. The van der Waals surface area contributed by atoms with E-state index >= 15 is 0 Å². The summed E-state index contributed by atoms with van der Waals surface area (Å²) < 4.78 is 39.1. The first-order valence-electron chi connectivity index (χ1n) is 5.93. The van der Waals surface area contributed by atoms with Gasteiger partial charge in [0.15, 0.2) is 0 Å². The molecule has 0 fully saturated rings. The Hall–Kier alpha value is -1.67. The van der Waals surface area contributed by atoms with Gasteiger partial charge in [0.2, 0.25) is 0 Å². The highest BCUT2D eigenvalue weighted by atomic mass is 19.4. The second kappa shape index (κ2) is 6.48. The molecule has 104 valence electrons. The van der Waals surface area contributed by atoms with Gasteiger partial charge in [-0.05, 0) is 24.1 Å². The van der Waals surface area contributed by atoms with Crippen LogP contribution in [0.2, 0.25) is 0 Å². The van der Waals surface area contributed by atoms with Gasteiger partial charge in [0.25, 0.3) is 0 Å². The summed E-state index contributed by atoms with van der Waals surface area (Å²) in [5, 5.41) is 8.95. The molecule has 0 saturated heterocycles.